The molecule has 1 heterocycles. The lowest BCUT2D eigenvalue weighted by Gasteiger charge is -2.16. The number of amides is 1. The molecule has 0 aliphatic rings. The summed E-state index contributed by atoms with van der Waals surface area (Å²) in [6.07, 6.45) is -0.657. The van der Waals surface area contributed by atoms with Gasteiger partial charge in [0.25, 0.3) is 5.91 Å². The Balaban J connectivity index is 1.80. The number of fused-ring (bicyclic) bond motifs is 1. The summed E-state index contributed by atoms with van der Waals surface area (Å²) in [6, 6.07) is 12.7. The van der Waals surface area contributed by atoms with Crippen LogP contribution in [0.1, 0.15) is 29.5 Å². The first-order valence-corrected chi connectivity index (χ1v) is 8.53. The van der Waals surface area contributed by atoms with Gasteiger partial charge in [0, 0.05) is 6.07 Å². The van der Waals surface area contributed by atoms with Gasteiger partial charge in [0.15, 0.2) is 11.9 Å². The van der Waals surface area contributed by atoms with Gasteiger partial charge in [-0.15, -0.1) is 0 Å². The smallest absolute Gasteiger partial charge is 0.342 e. The number of ether oxygens (including phenoxy) is 2. The maximum Gasteiger partial charge on any atom is 0.342 e. The van der Waals surface area contributed by atoms with Gasteiger partial charge in [-0.3, -0.25) is 4.79 Å². The van der Waals surface area contributed by atoms with Gasteiger partial charge in [0.2, 0.25) is 0 Å². The molecule has 3 aromatic rings. The monoisotopic (exact) mass is 368 g/mol. The number of aryl methyl sites for hydroxylation is 1. The van der Waals surface area contributed by atoms with E-state index in [-0.39, 0.29) is 11.4 Å². The maximum absolute atomic E-state index is 12.7. The predicted molar refractivity (Wildman–Crippen MR) is 99.9 cm³/mol. The van der Waals surface area contributed by atoms with E-state index in [1.165, 1.54) is 7.11 Å². The second-order valence-corrected chi connectivity index (χ2v) is 6.01. The highest BCUT2D eigenvalue weighted by Crippen LogP contribution is 2.27. The van der Waals surface area contributed by atoms with Gasteiger partial charge in [-0.25, -0.2) is 4.79 Å². The third-order valence-corrected chi connectivity index (χ3v) is 4.08. The van der Waals surface area contributed by atoms with Crippen molar-refractivity contribution in [2.24, 2.45) is 0 Å². The first-order chi connectivity index (χ1) is 13.0. The molecule has 0 saturated carbocycles. The fourth-order valence-electron chi connectivity index (χ4n) is 2.69. The summed E-state index contributed by atoms with van der Waals surface area (Å²) in [5, 5.41) is 8.10. The number of benzene rings is 2. The number of nitrogens with zero attached hydrogens (tertiary/aromatic N) is 1. The van der Waals surface area contributed by atoms with Crippen molar-refractivity contribution in [2.75, 3.05) is 12.4 Å². The second-order valence-electron chi connectivity index (χ2n) is 6.01. The molecule has 0 bridgehead atoms. The number of hydrogen-bond acceptors (Lipinski definition) is 6. The lowest BCUT2D eigenvalue weighted by atomic mass is 10.1. The van der Waals surface area contributed by atoms with Crippen LogP contribution in [0.2, 0.25) is 0 Å². The summed E-state index contributed by atoms with van der Waals surface area (Å²) in [4.78, 5) is 25.1. The molecule has 2 aromatic carbocycles. The summed E-state index contributed by atoms with van der Waals surface area (Å²) in [5.74, 6) is 0.127. The van der Waals surface area contributed by atoms with Crippen molar-refractivity contribution < 1.29 is 23.6 Å². The van der Waals surface area contributed by atoms with Crippen molar-refractivity contribution in [3.8, 4) is 5.75 Å². The topological polar surface area (TPSA) is 90.7 Å². The van der Waals surface area contributed by atoms with Crippen LogP contribution in [0.3, 0.4) is 0 Å². The van der Waals surface area contributed by atoms with Crippen LogP contribution in [-0.4, -0.2) is 30.2 Å². The quantitative estimate of drug-likeness (QED) is 0.667. The highest BCUT2D eigenvalue weighted by Gasteiger charge is 2.25. The van der Waals surface area contributed by atoms with Crippen molar-refractivity contribution in [3.05, 3.63) is 53.8 Å². The molecule has 1 aromatic heterocycles. The zero-order valence-corrected chi connectivity index (χ0v) is 15.3. The van der Waals surface area contributed by atoms with E-state index in [2.05, 4.69) is 10.5 Å². The Labute approximate surface area is 156 Å². The maximum atomic E-state index is 12.7. The van der Waals surface area contributed by atoms with Crippen LogP contribution in [0.4, 0.5) is 5.82 Å². The molecule has 0 spiro atoms. The van der Waals surface area contributed by atoms with Gasteiger partial charge >= 0.3 is 5.97 Å². The van der Waals surface area contributed by atoms with Gasteiger partial charge in [-0.05, 0) is 36.2 Å². The number of nitrogens with one attached hydrogen (secondary N) is 1. The van der Waals surface area contributed by atoms with E-state index in [9.17, 15) is 9.59 Å². The molecule has 140 valence electrons. The number of methoxy groups -OCH3 is 1. The van der Waals surface area contributed by atoms with E-state index < -0.39 is 18.0 Å². The molecule has 0 fully saturated rings. The average molecular weight is 368 g/mol. The van der Waals surface area contributed by atoms with E-state index >= 15 is 0 Å². The minimum Gasteiger partial charge on any atom is -0.496 e. The third kappa shape index (κ3) is 4.08. The fourth-order valence-corrected chi connectivity index (χ4v) is 2.69. The molecule has 1 N–H and O–H groups in total. The molecule has 7 heteroatoms. The Bertz CT molecular complexity index is 979. The summed E-state index contributed by atoms with van der Waals surface area (Å²) in [6.45, 7) is 3.47. The van der Waals surface area contributed by atoms with Crippen molar-refractivity contribution in [1.29, 1.82) is 0 Å². The van der Waals surface area contributed by atoms with E-state index in [1.807, 2.05) is 24.3 Å². The third-order valence-electron chi connectivity index (χ3n) is 4.08. The van der Waals surface area contributed by atoms with Gasteiger partial charge in [0.05, 0.1) is 7.11 Å². The Morgan fingerprint density at radius 1 is 1.19 bits per heavy atom. The summed E-state index contributed by atoms with van der Waals surface area (Å²) >= 11 is 0. The van der Waals surface area contributed by atoms with Gasteiger partial charge in [-0.2, -0.15) is 0 Å². The van der Waals surface area contributed by atoms with Crippen molar-refractivity contribution >= 4 is 28.5 Å². The van der Waals surface area contributed by atoms with Crippen molar-refractivity contribution in [1.82, 2.24) is 5.16 Å². The highest BCUT2D eigenvalue weighted by atomic mass is 16.5. The predicted octanol–water partition coefficient (Wildman–Crippen LogP) is 3.72. The fraction of sp³-hybridized carbons (Fsp3) is 0.250. The minimum absolute atomic E-state index is 0.264. The van der Waals surface area contributed by atoms with E-state index in [0.29, 0.717) is 17.9 Å². The molecule has 0 aliphatic carbocycles. The summed E-state index contributed by atoms with van der Waals surface area (Å²) in [5.41, 5.74) is 0.264. The lowest BCUT2D eigenvalue weighted by Crippen LogP contribution is -2.32. The number of aromatic nitrogens is 1. The van der Waals surface area contributed by atoms with Crippen LogP contribution in [0.5, 0.6) is 5.75 Å². The molecule has 27 heavy (non-hydrogen) atoms. The van der Waals surface area contributed by atoms with Crippen LogP contribution in [0.15, 0.2) is 47.0 Å². The molecule has 7 nitrogen and oxygen atoms in total. The first kappa shape index (κ1) is 18.4. The molecule has 0 aliphatic heterocycles. The average Bonchev–Trinajstić information content (AvgIpc) is 3.09. The van der Waals surface area contributed by atoms with Gasteiger partial charge in [0.1, 0.15) is 17.1 Å². The zero-order chi connectivity index (χ0) is 19.4. The second kappa shape index (κ2) is 7.90. The van der Waals surface area contributed by atoms with Gasteiger partial charge in [-0.1, -0.05) is 36.3 Å². The first-order valence-electron chi connectivity index (χ1n) is 8.53. The van der Waals surface area contributed by atoms with Crippen LogP contribution >= 0.6 is 0 Å². The largest absolute Gasteiger partial charge is 0.496 e. The molecule has 0 saturated heterocycles. The molecule has 0 radical (unpaired) electrons. The Hall–Kier alpha value is -3.35. The highest BCUT2D eigenvalue weighted by molar-refractivity contribution is 6.01. The van der Waals surface area contributed by atoms with Gasteiger partial charge < -0.3 is 19.3 Å². The Morgan fingerprint density at radius 2 is 1.89 bits per heavy atom. The number of esters is 1. The number of carbonyl (C=O) groups is 2. The van der Waals surface area contributed by atoms with E-state index in [0.717, 1.165) is 10.8 Å². The standard InChI is InChI=1S/C20H20N2O5/c1-4-16(19(23)21-18-9-12(2)27-22-18)26-20(24)15-10-13-7-5-6-8-14(13)11-17(15)25-3/h5-11,16H,4H2,1-3H3,(H,21,22,23). The SMILES string of the molecule is CCC(OC(=O)c1cc2ccccc2cc1OC)C(=O)Nc1cc(C)on1. The number of hydrogen-bond donors (Lipinski definition) is 1. The molecule has 1 unspecified atom stereocenters. The van der Waals surface area contributed by atoms with Crippen LogP contribution in [0.25, 0.3) is 10.8 Å². The molecular formula is C20H20N2O5. The molecule has 1 atom stereocenters. The lowest BCUT2D eigenvalue weighted by molar-refractivity contribution is -0.124. The van der Waals surface area contributed by atoms with Crippen LogP contribution in [-0.2, 0) is 9.53 Å². The summed E-state index contributed by atoms with van der Waals surface area (Å²) in [7, 11) is 1.48. The Morgan fingerprint density at radius 3 is 2.48 bits per heavy atom. The zero-order valence-electron chi connectivity index (χ0n) is 15.3. The number of anilines is 1. The summed E-state index contributed by atoms with van der Waals surface area (Å²) < 4.78 is 15.7. The minimum atomic E-state index is -0.967. The van der Waals surface area contributed by atoms with Crippen molar-refractivity contribution in [3.63, 3.8) is 0 Å². The molecular weight excluding hydrogens is 348 g/mol. The van der Waals surface area contributed by atoms with Crippen molar-refractivity contribution in [2.45, 2.75) is 26.4 Å². The number of carbonyl (C=O) groups excluding carboxylic acids is 2. The van der Waals surface area contributed by atoms with E-state index in [4.69, 9.17) is 14.0 Å². The Kier molecular flexibility index (Phi) is 5.40. The molecule has 1 amide bonds. The van der Waals surface area contributed by atoms with Crippen LogP contribution < -0.4 is 10.1 Å². The normalized spacial score (nSPS) is 11.8. The molecule has 3 rings (SSSR count). The van der Waals surface area contributed by atoms with E-state index in [1.54, 1.807) is 32.0 Å². The number of rotatable bonds is 6. The van der Waals surface area contributed by atoms with Crippen LogP contribution in [0, 0.1) is 6.92 Å².